The van der Waals surface area contributed by atoms with E-state index in [0.717, 1.165) is 11.8 Å². The smallest absolute Gasteiger partial charge is 0.175 e. The molecule has 0 fully saturated rings. The summed E-state index contributed by atoms with van der Waals surface area (Å²) in [6.07, 6.45) is 0.454. The molecule has 17 heavy (non-hydrogen) atoms. The van der Waals surface area contributed by atoms with Crippen LogP contribution >= 0.6 is 0 Å². The van der Waals surface area contributed by atoms with Gasteiger partial charge in [0.05, 0.1) is 17.0 Å². The lowest BCUT2D eigenvalue weighted by molar-refractivity contribution is 0.139. The Morgan fingerprint density at radius 3 is 2.24 bits per heavy atom. The van der Waals surface area contributed by atoms with E-state index in [1.54, 1.807) is 19.2 Å². The molecular weight excluding hydrogens is 240 g/mol. The molecule has 0 amide bonds. The van der Waals surface area contributed by atoms with Gasteiger partial charge in [0.15, 0.2) is 9.84 Å². The summed E-state index contributed by atoms with van der Waals surface area (Å²) < 4.78 is 22.6. The van der Waals surface area contributed by atoms with E-state index in [-0.39, 0.29) is 17.5 Å². The zero-order valence-electron chi connectivity index (χ0n) is 9.92. The van der Waals surface area contributed by atoms with Gasteiger partial charge >= 0.3 is 0 Å². The normalized spacial score (nSPS) is 15.5. The van der Waals surface area contributed by atoms with Crippen molar-refractivity contribution in [2.24, 2.45) is 5.73 Å². The first kappa shape index (κ1) is 14.1. The second kappa shape index (κ2) is 5.59. The molecule has 2 unspecified atom stereocenters. The van der Waals surface area contributed by atoms with Gasteiger partial charge in [-0.25, -0.2) is 8.42 Å². The summed E-state index contributed by atoms with van der Waals surface area (Å²) in [7, 11) is -1.47. The van der Waals surface area contributed by atoms with E-state index < -0.39 is 15.9 Å². The van der Waals surface area contributed by atoms with E-state index in [1.807, 2.05) is 0 Å². The molecule has 2 atom stereocenters. The molecule has 0 aliphatic carbocycles. The number of aliphatic hydroxyl groups excluding tert-OH is 1. The van der Waals surface area contributed by atoms with Crippen LogP contribution in [-0.2, 0) is 9.84 Å². The van der Waals surface area contributed by atoms with Crippen LogP contribution in [0.25, 0.3) is 0 Å². The van der Waals surface area contributed by atoms with Crippen molar-refractivity contribution in [3.8, 4) is 0 Å². The molecule has 96 valence electrons. The van der Waals surface area contributed by atoms with Crippen molar-refractivity contribution in [1.29, 1.82) is 0 Å². The number of nitrogens with one attached hydrogen (secondary N) is 1. The first-order valence-corrected chi connectivity index (χ1v) is 7.14. The van der Waals surface area contributed by atoms with Crippen LogP contribution < -0.4 is 11.1 Å². The van der Waals surface area contributed by atoms with Gasteiger partial charge in [0.2, 0.25) is 0 Å². The molecule has 4 N–H and O–H groups in total. The molecule has 0 aliphatic rings. The highest BCUT2D eigenvalue weighted by Crippen LogP contribution is 2.18. The van der Waals surface area contributed by atoms with Gasteiger partial charge in [-0.05, 0) is 24.7 Å². The Morgan fingerprint density at radius 1 is 1.35 bits per heavy atom. The van der Waals surface area contributed by atoms with Gasteiger partial charge < -0.3 is 16.2 Å². The molecule has 5 nitrogen and oxygen atoms in total. The lowest BCUT2D eigenvalue weighted by Gasteiger charge is -2.21. The van der Waals surface area contributed by atoms with Crippen LogP contribution in [0.2, 0.25) is 0 Å². The SMILES string of the molecule is CNC(c1ccc(S(C)(=O)=O)cc1)C(O)CN. The Kier molecular flexibility index (Phi) is 4.64. The number of nitrogens with two attached hydrogens (primary N) is 1. The van der Waals surface area contributed by atoms with Crippen LogP contribution in [0, 0.1) is 0 Å². The molecule has 0 saturated carbocycles. The zero-order chi connectivity index (χ0) is 13.1. The van der Waals surface area contributed by atoms with Crippen LogP contribution in [0.4, 0.5) is 0 Å². The molecule has 0 aliphatic heterocycles. The monoisotopic (exact) mass is 258 g/mol. The highest BCUT2D eigenvalue weighted by atomic mass is 32.2. The van der Waals surface area contributed by atoms with Crippen LogP contribution in [0.15, 0.2) is 29.2 Å². The number of aliphatic hydroxyl groups is 1. The Balaban J connectivity index is 3.01. The van der Waals surface area contributed by atoms with Gasteiger partial charge in [-0.1, -0.05) is 12.1 Å². The van der Waals surface area contributed by atoms with E-state index in [4.69, 9.17) is 5.73 Å². The van der Waals surface area contributed by atoms with Crippen LogP contribution in [0.3, 0.4) is 0 Å². The van der Waals surface area contributed by atoms with E-state index in [9.17, 15) is 13.5 Å². The molecular formula is C11H18N2O3S. The van der Waals surface area contributed by atoms with E-state index >= 15 is 0 Å². The fourth-order valence-corrected chi connectivity index (χ4v) is 2.27. The summed E-state index contributed by atoms with van der Waals surface area (Å²) in [6.45, 7) is 0.138. The van der Waals surface area contributed by atoms with Gasteiger partial charge in [-0.3, -0.25) is 0 Å². The molecule has 0 spiro atoms. The third-order valence-corrected chi connectivity index (χ3v) is 3.73. The minimum absolute atomic E-state index is 0.138. The van der Waals surface area contributed by atoms with Crippen molar-refractivity contribution in [3.05, 3.63) is 29.8 Å². The van der Waals surface area contributed by atoms with Gasteiger partial charge in [0, 0.05) is 12.8 Å². The highest BCUT2D eigenvalue weighted by molar-refractivity contribution is 7.90. The quantitative estimate of drug-likeness (QED) is 0.672. The van der Waals surface area contributed by atoms with Crippen molar-refractivity contribution in [2.75, 3.05) is 19.8 Å². The molecule has 0 bridgehead atoms. The summed E-state index contributed by atoms with van der Waals surface area (Å²) in [5.41, 5.74) is 6.20. The van der Waals surface area contributed by atoms with Crippen molar-refractivity contribution >= 4 is 9.84 Å². The van der Waals surface area contributed by atoms with Crippen LogP contribution in [0.1, 0.15) is 11.6 Å². The number of likely N-dealkylation sites (N-methyl/N-ethyl adjacent to an activating group) is 1. The Morgan fingerprint density at radius 2 is 1.88 bits per heavy atom. The fraction of sp³-hybridized carbons (Fsp3) is 0.455. The van der Waals surface area contributed by atoms with Crippen molar-refractivity contribution in [2.45, 2.75) is 17.0 Å². The van der Waals surface area contributed by atoms with E-state index in [1.165, 1.54) is 12.1 Å². The Bertz CT molecular complexity index is 456. The second-order valence-corrected chi connectivity index (χ2v) is 5.93. The standard InChI is InChI=1S/C11H18N2O3S/c1-13-11(10(14)7-12)8-3-5-9(6-4-8)17(2,15)16/h3-6,10-11,13-14H,7,12H2,1-2H3. The number of hydrogen-bond donors (Lipinski definition) is 3. The molecule has 0 radical (unpaired) electrons. The minimum atomic E-state index is -3.19. The summed E-state index contributed by atoms with van der Waals surface area (Å²) >= 11 is 0. The molecule has 0 heterocycles. The molecule has 1 aromatic carbocycles. The van der Waals surface area contributed by atoms with Crippen molar-refractivity contribution < 1.29 is 13.5 Å². The molecule has 0 aromatic heterocycles. The molecule has 1 rings (SSSR count). The predicted octanol–water partition coefficient (Wildman–Crippen LogP) is -0.330. The highest BCUT2D eigenvalue weighted by Gasteiger charge is 2.18. The van der Waals surface area contributed by atoms with E-state index in [2.05, 4.69) is 5.32 Å². The lowest BCUT2D eigenvalue weighted by Crippen LogP contribution is -2.34. The lowest BCUT2D eigenvalue weighted by atomic mass is 10.0. The first-order valence-electron chi connectivity index (χ1n) is 5.25. The molecule has 0 saturated heterocycles. The van der Waals surface area contributed by atoms with Gasteiger partial charge in [0.25, 0.3) is 0 Å². The van der Waals surface area contributed by atoms with E-state index in [0.29, 0.717) is 0 Å². The predicted molar refractivity (Wildman–Crippen MR) is 66.4 cm³/mol. The molecule has 6 heteroatoms. The molecule has 1 aromatic rings. The summed E-state index contributed by atoms with van der Waals surface area (Å²) in [4.78, 5) is 0.262. The van der Waals surface area contributed by atoms with Gasteiger partial charge in [-0.2, -0.15) is 0 Å². The fourth-order valence-electron chi connectivity index (χ4n) is 1.64. The maximum absolute atomic E-state index is 11.3. The van der Waals surface area contributed by atoms with Crippen molar-refractivity contribution in [3.63, 3.8) is 0 Å². The Labute approximate surface area is 102 Å². The third-order valence-electron chi connectivity index (χ3n) is 2.60. The second-order valence-electron chi connectivity index (χ2n) is 3.91. The number of hydrogen-bond acceptors (Lipinski definition) is 5. The summed E-state index contributed by atoms with van der Waals surface area (Å²) in [5.74, 6) is 0. The summed E-state index contributed by atoms with van der Waals surface area (Å²) in [6, 6.07) is 6.11. The number of benzene rings is 1. The number of sulfone groups is 1. The average molecular weight is 258 g/mol. The van der Waals surface area contributed by atoms with Crippen molar-refractivity contribution in [1.82, 2.24) is 5.32 Å². The maximum Gasteiger partial charge on any atom is 0.175 e. The maximum atomic E-state index is 11.3. The van der Waals surface area contributed by atoms with Crippen LogP contribution in [0.5, 0.6) is 0 Å². The largest absolute Gasteiger partial charge is 0.390 e. The average Bonchev–Trinajstić information content (AvgIpc) is 2.29. The number of rotatable bonds is 5. The third kappa shape index (κ3) is 3.50. The van der Waals surface area contributed by atoms with Gasteiger partial charge in [-0.15, -0.1) is 0 Å². The Hall–Kier alpha value is -0.950. The topological polar surface area (TPSA) is 92.4 Å². The first-order chi connectivity index (χ1) is 7.90. The van der Waals surface area contributed by atoms with Crippen LogP contribution in [-0.4, -0.2) is 39.5 Å². The zero-order valence-corrected chi connectivity index (χ0v) is 10.7. The summed E-state index contributed by atoms with van der Waals surface area (Å²) in [5, 5.41) is 12.6. The minimum Gasteiger partial charge on any atom is -0.390 e. The van der Waals surface area contributed by atoms with Gasteiger partial charge in [0.1, 0.15) is 0 Å².